The van der Waals surface area contributed by atoms with Crippen LogP contribution in [0.4, 0.5) is 8.78 Å². The van der Waals surface area contributed by atoms with Crippen LogP contribution in [0.25, 0.3) is 22.3 Å². The van der Waals surface area contributed by atoms with Crippen molar-refractivity contribution in [2.24, 2.45) is 0 Å². The Morgan fingerprint density at radius 1 is 0.712 bits per heavy atom. The summed E-state index contributed by atoms with van der Waals surface area (Å²) in [5.74, 6) is -0.488. The number of hydrogen-bond acceptors (Lipinski definition) is 0. The maximum absolute atomic E-state index is 12.8. The number of hydrogen-bond donors (Lipinski definition) is 0. The smallest absolute Gasteiger partial charge is 1.00 e. The Morgan fingerprint density at radius 3 is 1.67 bits per heavy atom. The van der Waals surface area contributed by atoms with E-state index < -0.39 is 0 Å². The summed E-state index contributed by atoms with van der Waals surface area (Å²) in [5, 5.41) is 0. The van der Waals surface area contributed by atoms with Crippen LogP contribution < -0.4 is 24.8 Å². The second-order valence-electron chi connectivity index (χ2n) is 16.0. The standard InChI is InChI=1S/C25H25.C13H8F2.C9H13.2ClH.Zr/c1-14-12-24(3,4)22-8-16-7-17-9-23-19(15(2)13-25(23,5)6)11-21(17)20(16)10-18(14)22;14-12-5-1-10(2-6-12)9-11-3-7-13(15)8-4-11;1-9(2,3)8-6-4-5-7-8;;;/h8-12H,7H2,1-6H3;1-8H;4-7H,1-3H3;2*1H;/q-1;;-1;;;+2/p-2. The van der Waals surface area contributed by atoms with E-state index in [1.807, 2.05) is 0 Å². The van der Waals surface area contributed by atoms with Crippen LogP contribution in [0.2, 0.25) is 0 Å². The number of halogens is 4. The maximum Gasteiger partial charge on any atom is -1.00 e. The molecule has 0 atom stereocenters. The van der Waals surface area contributed by atoms with Crippen molar-refractivity contribution in [2.45, 2.75) is 85.0 Å². The molecule has 0 N–H and O–H groups in total. The van der Waals surface area contributed by atoms with E-state index in [9.17, 15) is 8.78 Å². The molecular formula is C47H46Cl2F2Zr-2. The van der Waals surface area contributed by atoms with Crippen LogP contribution in [-0.4, -0.2) is 3.21 Å². The van der Waals surface area contributed by atoms with E-state index in [4.69, 9.17) is 0 Å². The molecule has 5 aromatic rings. The van der Waals surface area contributed by atoms with Crippen molar-refractivity contribution >= 4 is 14.4 Å². The predicted molar refractivity (Wildman–Crippen MR) is 203 cm³/mol. The number of rotatable bonds is 2. The van der Waals surface area contributed by atoms with Gasteiger partial charge in [0.25, 0.3) is 0 Å². The third-order valence-corrected chi connectivity index (χ3v) is 11.6. The molecule has 268 valence electrons. The molecule has 52 heavy (non-hydrogen) atoms. The average Bonchev–Trinajstić information content (AvgIpc) is 3.81. The number of allylic oxidation sites excluding steroid dienone is 4. The van der Waals surface area contributed by atoms with Crippen molar-refractivity contribution in [1.29, 1.82) is 0 Å². The van der Waals surface area contributed by atoms with Gasteiger partial charge in [-0.1, -0.05) is 84.4 Å². The Balaban J connectivity index is 0.000000193. The molecule has 0 saturated carbocycles. The molecule has 0 aromatic heterocycles. The fourth-order valence-electron chi connectivity index (χ4n) is 7.55. The predicted octanol–water partition coefficient (Wildman–Crippen LogP) is 6.24. The Morgan fingerprint density at radius 2 is 1.21 bits per heavy atom. The summed E-state index contributed by atoms with van der Waals surface area (Å²) >= 11 is 1.22. The van der Waals surface area contributed by atoms with E-state index >= 15 is 0 Å². The van der Waals surface area contributed by atoms with Crippen LogP contribution in [0.3, 0.4) is 0 Å². The number of fused-ring (bicyclic) bond motifs is 5. The van der Waals surface area contributed by atoms with Gasteiger partial charge in [-0.05, 0) is 58.4 Å². The molecule has 0 fully saturated rings. The zero-order chi connectivity index (χ0) is 36.2. The van der Waals surface area contributed by atoms with Gasteiger partial charge >= 0.3 is 108 Å². The SMILES string of the molecule is CC(C)(C)c1cc[cH-]c1.CC1=[C-]C(C)(C)c2cc3c(cc21)-c1cc2c(cc1C3)C(C)(C)C=C2C.Fc1ccc([C](=[Zr+2])c2ccc(F)cc2)cc1.[Cl-].[Cl-]. The van der Waals surface area contributed by atoms with E-state index in [0.717, 1.165) is 20.8 Å². The van der Waals surface area contributed by atoms with Crippen molar-refractivity contribution in [1.82, 2.24) is 0 Å². The van der Waals surface area contributed by atoms with Gasteiger partial charge in [-0.2, -0.15) is 29.3 Å². The van der Waals surface area contributed by atoms with E-state index in [1.54, 1.807) is 24.3 Å². The Bertz CT molecular complexity index is 2010. The second-order valence-corrected chi connectivity index (χ2v) is 17.3. The molecule has 3 aliphatic rings. The third-order valence-electron chi connectivity index (χ3n) is 10.2. The summed E-state index contributed by atoms with van der Waals surface area (Å²) in [6.07, 6.45) is 7.13. The van der Waals surface area contributed by atoms with Crippen molar-refractivity contribution < 1.29 is 57.8 Å². The Hall–Kier alpha value is -3.10. The zero-order valence-electron chi connectivity index (χ0n) is 31.5. The summed E-state index contributed by atoms with van der Waals surface area (Å²) in [5.41, 5.74) is 18.2. The zero-order valence-corrected chi connectivity index (χ0v) is 35.5. The minimum atomic E-state index is -0.244. The summed E-state index contributed by atoms with van der Waals surface area (Å²) in [6, 6.07) is 31.0. The molecule has 0 amide bonds. The largest absolute Gasteiger partial charge is 1.00 e. The van der Waals surface area contributed by atoms with E-state index in [0.29, 0.717) is 5.41 Å². The van der Waals surface area contributed by atoms with E-state index in [-0.39, 0.29) is 47.3 Å². The first-order valence-electron chi connectivity index (χ1n) is 17.4. The van der Waals surface area contributed by atoms with E-state index in [1.165, 1.54) is 110 Å². The van der Waals surface area contributed by atoms with Gasteiger partial charge in [0.2, 0.25) is 0 Å². The molecule has 0 aliphatic heterocycles. The summed E-state index contributed by atoms with van der Waals surface area (Å²) < 4.78 is 26.6. The topological polar surface area (TPSA) is 0 Å². The van der Waals surface area contributed by atoms with Gasteiger partial charge < -0.3 is 24.8 Å². The fraction of sp³-hybridized carbons (Fsp3) is 0.277. The van der Waals surface area contributed by atoms with Gasteiger partial charge in [-0.3, -0.25) is 6.08 Å². The quantitative estimate of drug-likeness (QED) is 0.182. The van der Waals surface area contributed by atoms with E-state index in [2.05, 4.69) is 123 Å². The van der Waals surface area contributed by atoms with Gasteiger partial charge in [0, 0.05) is 5.41 Å². The normalized spacial score (nSPS) is 15.1. The van der Waals surface area contributed by atoms with Crippen LogP contribution in [0, 0.1) is 17.7 Å². The fourth-order valence-corrected chi connectivity index (χ4v) is 8.37. The maximum atomic E-state index is 12.8. The van der Waals surface area contributed by atoms with Crippen LogP contribution in [0.15, 0.2) is 103 Å². The van der Waals surface area contributed by atoms with Crippen LogP contribution in [0.1, 0.15) is 112 Å². The first-order valence-corrected chi connectivity index (χ1v) is 18.7. The van der Waals surface area contributed by atoms with Gasteiger partial charge in [0.1, 0.15) is 0 Å². The Labute approximate surface area is 337 Å². The molecule has 0 heterocycles. The van der Waals surface area contributed by atoms with Gasteiger partial charge in [0.05, 0.1) is 0 Å². The van der Waals surface area contributed by atoms with Crippen molar-refractivity contribution in [2.75, 3.05) is 0 Å². The molecular weight excluding hydrogens is 765 g/mol. The Kier molecular flexibility index (Phi) is 12.6. The molecule has 0 saturated heterocycles. The van der Waals surface area contributed by atoms with Crippen molar-refractivity contribution in [3.05, 3.63) is 171 Å². The van der Waals surface area contributed by atoms with Crippen molar-refractivity contribution in [3.63, 3.8) is 0 Å². The molecule has 0 bridgehead atoms. The monoisotopic (exact) mass is 808 g/mol. The van der Waals surface area contributed by atoms with Crippen molar-refractivity contribution in [3.8, 4) is 11.1 Å². The van der Waals surface area contributed by atoms with Gasteiger partial charge in [0.15, 0.2) is 0 Å². The molecule has 0 spiro atoms. The average molecular weight is 811 g/mol. The van der Waals surface area contributed by atoms with Crippen LogP contribution >= 0.6 is 0 Å². The van der Waals surface area contributed by atoms with Gasteiger partial charge in [-0.15, -0.1) is 11.6 Å². The first-order chi connectivity index (χ1) is 23.4. The number of benzene rings is 4. The molecule has 5 aromatic carbocycles. The minimum Gasteiger partial charge on any atom is -1.00 e. The molecule has 5 heteroatoms. The second kappa shape index (κ2) is 15.7. The molecule has 0 unspecified atom stereocenters. The molecule has 0 radical (unpaired) electrons. The third kappa shape index (κ3) is 8.49. The molecule has 3 aliphatic carbocycles. The van der Waals surface area contributed by atoms with Crippen LogP contribution in [-0.2, 0) is 46.9 Å². The summed E-state index contributed by atoms with van der Waals surface area (Å²) in [4.78, 5) is 0. The first kappa shape index (κ1) is 41.7. The van der Waals surface area contributed by atoms with Crippen LogP contribution in [0.5, 0.6) is 0 Å². The summed E-state index contributed by atoms with van der Waals surface area (Å²) in [7, 11) is 0. The molecule has 8 rings (SSSR count). The minimum absolute atomic E-state index is 0. The van der Waals surface area contributed by atoms with Gasteiger partial charge in [-0.25, -0.2) is 11.6 Å². The summed E-state index contributed by atoms with van der Waals surface area (Å²) in [6.45, 7) is 20.4. The molecule has 0 nitrogen and oxygen atoms in total.